The third-order valence-corrected chi connectivity index (χ3v) is 5.25. The van der Waals surface area contributed by atoms with Gasteiger partial charge in [-0.1, -0.05) is 74.9 Å². The lowest BCUT2D eigenvalue weighted by molar-refractivity contribution is 0.291. The largest absolute Gasteiger partial charge is 0.486 e. The lowest BCUT2D eigenvalue weighted by Crippen LogP contribution is -2.11. The Kier molecular flexibility index (Phi) is 5.14. The number of hydrogen-bond acceptors (Lipinski definition) is 2. The van der Waals surface area contributed by atoms with Gasteiger partial charge < -0.3 is 9.30 Å². The Labute approximate surface area is 173 Å². The standard InChI is InChI=1S/C26H28N2O/c1-19-8-7-9-20(16-19)17-28-24-11-6-5-10-23(24)27-25(28)18-29-22-14-12-21(13-15-22)26(2,3)4/h5-16H,17-18H2,1-4H3. The van der Waals surface area contributed by atoms with Crippen molar-refractivity contribution in [3.05, 3.63) is 95.3 Å². The fourth-order valence-corrected chi connectivity index (χ4v) is 3.60. The van der Waals surface area contributed by atoms with Crippen LogP contribution in [0.2, 0.25) is 0 Å². The highest BCUT2D eigenvalue weighted by molar-refractivity contribution is 5.76. The highest BCUT2D eigenvalue weighted by atomic mass is 16.5. The average molecular weight is 385 g/mol. The van der Waals surface area contributed by atoms with Gasteiger partial charge in [0, 0.05) is 6.54 Å². The van der Waals surface area contributed by atoms with Crippen molar-refractivity contribution in [2.45, 2.75) is 46.3 Å². The summed E-state index contributed by atoms with van der Waals surface area (Å²) in [5.74, 6) is 1.81. The summed E-state index contributed by atoms with van der Waals surface area (Å²) in [6.07, 6.45) is 0. The molecule has 3 heteroatoms. The van der Waals surface area contributed by atoms with Crippen molar-refractivity contribution in [3.8, 4) is 5.75 Å². The van der Waals surface area contributed by atoms with E-state index in [9.17, 15) is 0 Å². The first kappa shape index (κ1) is 19.3. The van der Waals surface area contributed by atoms with E-state index < -0.39 is 0 Å². The SMILES string of the molecule is Cc1cccc(Cn2c(COc3ccc(C(C)(C)C)cc3)nc3ccccc32)c1. The second-order valence-corrected chi connectivity index (χ2v) is 8.65. The highest BCUT2D eigenvalue weighted by Crippen LogP contribution is 2.25. The Hall–Kier alpha value is -3.07. The van der Waals surface area contributed by atoms with Crippen LogP contribution in [-0.4, -0.2) is 9.55 Å². The van der Waals surface area contributed by atoms with E-state index in [1.807, 2.05) is 18.2 Å². The smallest absolute Gasteiger partial charge is 0.148 e. The zero-order valence-electron chi connectivity index (χ0n) is 17.6. The third-order valence-electron chi connectivity index (χ3n) is 5.25. The zero-order chi connectivity index (χ0) is 20.4. The van der Waals surface area contributed by atoms with Crippen molar-refractivity contribution in [1.29, 1.82) is 0 Å². The van der Waals surface area contributed by atoms with Crippen LogP contribution in [0.1, 0.15) is 43.3 Å². The minimum Gasteiger partial charge on any atom is -0.486 e. The molecule has 0 N–H and O–H groups in total. The van der Waals surface area contributed by atoms with Crippen LogP contribution >= 0.6 is 0 Å². The monoisotopic (exact) mass is 384 g/mol. The normalized spacial score (nSPS) is 11.7. The van der Waals surface area contributed by atoms with Crippen molar-refractivity contribution in [2.24, 2.45) is 0 Å². The first-order valence-corrected chi connectivity index (χ1v) is 10.1. The van der Waals surface area contributed by atoms with Crippen molar-refractivity contribution in [3.63, 3.8) is 0 Å². The van der Waals surface area contributed by atoms with Crippen LogP contribution in [-0.2, 0) is 18.6 Å². The van der Waals surface area contributed by atoms with Crippen molar-refractivity contribution >= 4 is 11.0 Å². The fourth-order valence-electron chi connectivity index (χ4n) is 3.60. The lowest BCUT2D eigenvalue weighted by Gasteiger charge is -2.19. The molecule has 29 heavy (non-hydrogen) atoms. The highest BCUT2D eigenvalue weighted by Gasteiger charge is 2.14. The molecule has 0 aliphatic rings. The maximum atomic E-state index is 6.11. The molecule has 0 saturated carbocycles. The summed E-state index contributed by atoms with van der Waals surface area (Å²) < 4.78 is 8.37. The topological polar surface area (TPSA) is 27.1 Å². The molecule has 0 bridgehead atoms. The molecule has 0 spiro atoms. The molecule has 1 aromatic heterocycles. The number of nitrogens with zero attached hydrogens (tertiary/aromatic N) is 2. The zero-order valence-corrected chi connectivity index (χ0v) is 17.6. The van der Waals surface area contributed by atoms with E-state index in [1.165, 1.54) is 16.7 Å². The van der Waals surface area contributed by atoms with Crippen LogP contribution in [0.4, 0.5) is 0 Å². The Morgan fingerprint density at radius 3 is 2.38 bits per heavy atom. The quantitative estimate of drug-likeness (QED) is 0.405. The molecule has 0 aliphatic carbocycles. The van der Waals surface area contributed by atoms with Crippen LogP contribution in [0.3, 0.4) is 0 Å². The molecule has 0 fully saturated rings. The molecule has 0 atom stereocenters. The Balaban J connectivity index is 1.60. The molecule has 4 rings (SSSR count). The Morgan fingerprint density at radius 1 is 0.897 bits per heavy atom. The Bertz CT molecular complexity index is 1120. The Morgan fingerprint density at radius 2 is 1.66 bits per heavy atom. The van der Waals surface area contributed by atoms with E-state index in [-0.39, 0.29) is 5.41 Å². The van der Waals surface area contributed by atoms with E-state index >= 15 is 0 Å². The summed E-state index contributed by atoms with van der Waals surface area (Å²) in [6, 6.07) is 25.3. The van der Waals surface area contributed by atoms with Gasteiger partial charge in [0.05, 0.1) is 11.0 Å². The number of aryl methyl sites for hydroxylation is 1. The summed E-state index contributed by atoms with van der Waals surface area (Å²) in [5.41, 5.74) is 6.11. The molecular weight excluding hydrogens is 356 g/mol. The van der Waals surface area contributed by atoms with E-state index in [0.717, 1.165) is 29.2 Å². The molecule has 3 nitrogen and oxygen atoms in total. The minimum atomic E-state index is 0.139. The lowest BCUT2D eigenvalue weighted by atomic mass is 9.87. The number of imidazole rings is 1. The number of para-hydroxylation sites is 2. The van der Waals surface area contributed by atoms with E-state index in [0.29, 0.717) is 6.61 Å². The first-order valence-electron chi connectivity index (χ1n) is 10.1. The van der Waals surface area contributed by atoms with Gasteiger partial charge in [-0.3, -0.25) is 0 Å². The minimum absolute atomic E-state index is 0.139. The summed E-state index contributed by atoms with van der Waals surface area (Å²) in [5, 5.41) is 0. The van der Waals surface area contributed by atoms with Gasteiger partial charge in [-0.15, -0.1) is 0 Å². The molecule has 1 heterocycles. The molecule has 0 unspecified atom stereocenters. The van der Waals surface area contributed by atoms with Crippen molar-refractivity contribution in [2.75, 3.05) is 0 Å². The number of benzene rings is 3. The van der Waals surface area contributed by atoms with Crippen LogP contribution in [0.15, 0.2) is 72.8 Å². The number of fused-ring (bicyclic) bond motifs is 1. The number of aromatic nitrogens is 2. The second kappa shape index (κ2) is 7.75. The van der Waals surface area contributed by atoms with Gasteiger partial charge in [-0.05, 0) is 47.7 Å². The molecule has 0 aliphatic heterocycles. The number of rotatable bonds is 5. The van der Waals surface area contributed by atoms with E-state index in [1.54, 1.807) is 0 Å². The molecule has 4 aromatic rings. The number of hydrogen-bond donors (Lipinski definition) is 0. The third kappa shape index (κ3) is 4.34. The van der Waals surface area contributed by atoms with E-state index in [4.69, 9.17) is 9.72 Å². The summed E-state index contributed by atoms with van der Waals surface area (Å²) in [7, 11) is 0. The van der Waals surface area contributed by atoms with Gasteiger partial charge in [0.2, 0.25) is 0 Å². The van der Waals surface area contributed by atoms with Gasteiger partial charge in [-0.25, -0.2) is 4.98 Å². The molecule has 0 radical (unpaired) electrons. The van der Waals surface area contributed by atoms with Gasteiger partial charge in [0.25, 0.3) is 0 Å². The van der Waals surface area contributed by atoms with Crippen LogP contribution in [0.5, 0.6) is 5.75 Å². The molecule has 0 saturated heterocycles. The summed E-state index contributed by atoms with van der Waals surface area (Å²) in [4.78, 5) is 4.84. The number of ether oxygens (including phenoxy) is 1. The first-order chi connectivity index (χ1) is 13.9. The van der Waals surface area contributed by atoms with Gasteiger partial charge in [0.15, 0.2) is 0 Å². The maximum Gasteiger partial charge on any atom is 0.148 e. The van der Waals surface area contributed by atoms with Crippen molar-refractivity contribution < 1.29 is 4.74 Å². The molecule has 148 valence electrons. The summed E-state index contributed by atoms with van der Waals surface area (Å²) >= 11 is 0. The van der Waals surface area contributed by atoms with Crippen molar-refractivity contribution in [1.82, 2.24) is 9.55 Å². The maximum absolute atomic E-state index is 6.11. The average Bonchev–Trinajstić information content (AvgIpc) is 3.04. The molecule has 3 aromatic carbocycles. The van der Waals surface area contributed by atoms with E-state index in [2.05, 4.69) is 86.9 Å². The van der Waals surface area contributed by atoms with Gasteiger partial charge in [-0.2, -0.15) is 0 Å². The van der Waals surface area contributed by atoms with Crippen LogP contribution in [0.25, 0.3) is 11.0 Å². The summed E-state index contributed by atoms with van der Waals surface area (Å²) in [6.45, 7) is 10.0. The predicted molar refractivity (Wildman–Crippen MR) is 119 cm³/mol. The second-order valence-electron chi connectivity index (χ2n) is 8.65. The predicted octanol–water partition coefficient (Wildman–Crippen LogP) is 6.27. The van der Waals surface area contributed by atoms with Crippen LogP contribution < -0.4 is 4.74 Å². The van der Waals surface area contributed by atoms with Gasteiger partial charge in [0.1, 0.15) is 18.2 Å². The van der Waals surface area contributed by atoms with Gasteiger partial charge >= 0.3 is 0 Å². The fraction of sp³-hybridized carbons (Fsp3) is 0.269. The molecule has 0 amide bonds. The van der Waals surface area contributed by atoms with Crippen LogP contribution in [0, 0.1) is 6.92 Å². The molecular formula is C26H28N2O.